The number of halogens is 3. The van der Waals surface area contributed by atoms with E-state index in [9.17, 15) is 18.8 Å². The van der Waals surface area contributed by atoms with E-state index in [-0.39, 0.29) is 16.1 Å². The standard InChI is InChI=1S/C17H12Cl2FNO4/c18-10-5-6-11(13(19)7-10)15(22)9-25-16(23)8-21-17(24)12-3-1-2-4-14(12)20/h1-7H,8-9H2,(H,21,24). The monoisotopic (exact) mass is 383 g/mol. The lowest BCUT2D eigenvalue weighted by atomic mass is 10.1. The average Bonchev–Trinajstić information content (AvgIpc) is 2.58. The zero-order valence-corrected chi connectivity index (χ0v) is 14.2. The molecule has 25 heavy (non-hydrogen) atoms. The molecule has 1 amide bonds. The molecule has 0 atom stereocenters. The Balaban J connectivity index is 1.83. The summed E-state index contributed by atoms with van der Waals surface area (Å²) in [6.07, 6.45) is 0. The Morgan fingerprint density at radius 2 is 1.76 bits per heavy atom. The fourth-order valence-corrected chi connectivity index (χ4v) is 2.40. The van der Waals surface area contributed by atoms with E-state index in [1.807, 2.05) is 0 Å². The van der Waals surface area contributed by atoms with E-state index in [0.717, 1.165) is 6.07 Å². The summed E-state index contributed by atoms with van der Waals surface area (Å²) in [6.45, 7) is -1.05. The van der Waals surface area contributed by atoms with Gasteiger partial charge in [-0.25, -0.2) is 4.39 Å². The van der Waals surface area contributed by atoms with Gasteiger partial charge in [0.25, 0.3) is 5.91 Å². The molecule has 0 heterocycles. The molecule has 0 fully saturated rings. The predicted molar refractivity (Wildman–Crippen MR) is 90.5 cm³/mol. The van der Waals surface area contributed by atoms with Gasteiger partial charge in [0, 0.05) is 10.6 Å². The molecule has 0 aliphatic rings. The van der Waals surface area contributed by atoms with Crippen molar-refractivity contribution in [3.63, 3.8) is 0 Å². The quantitative estimate of drug-likeness (QED) is 0.613. The molecular formula is C17H12Cl2FNO4. The van der Waals surface area contributed by atoms with E-state index in [0.29, 0.717) is 5.02 Å². The summed E-state index contributed by atoms with van der Waals surface area (Å²) in [6, 6.07) is 9.63. The van der Waals surface area contributed by atoms with E-state index < -0.39 is 36.6 Å². The number of rotatable bonds is 6. The number of hydrogen-bond donors (Lipinski definition) is 1. The van der Waals surface area contributed by atoms with Crippen LogP contribution >= 0.6 is 23.2 Å². The minimum atomic E-state index is -0.844. The Bertz CT molecular complexity index is 826. The van der Waals surface area contributed by atoms with Crippen molar-refractivity contribution in [2.45, 2.75) is 0 Å². The van der Waals surface area contributed by atoms with Gasteiger partial charge in [0.15, 0.2) is 6.61 Å². The number of nitrogens with one attached hydrogen (secondary N) is 1. The van der Waals surface area contributed by atoms with Gasteiger partial charge in [-0.2, -0.15) is 0 Å². The van der Waals surface area contributed by atoms with Gasteiger partial charge in [0.05, 0.1) is 10.6 Å². The molecule has 0 aliphatic heterocycles. The van der Waals surface area contributed by atoms with Gasteiger partial charge in [-0.05, 0) is 30.3 Å². The van der Waals surface area contributed by atoms with Crippen LogP contribution in [-0.4, -0.2) is 30.8 Å². The largest absolute Gasteiger partial charge is 0.456 e. The van der Waals surface area contributed by atoms with Crippen LogP contribution in [0.2, 0.25) is 10.0 Å². The molecule has 2 rings (SSSR count). The van der Waals surface area contributed by atoms with Gasteiger partial charge in [-0.15, -0.1) is 0 Å². The highest BCUT2D eigenvalue weighted by Crippen LogP contribution is 2.21. The van der Waals surface area contributed by atoms with Crippen molar-refractivity contribution in [1.82, 2.24) is 5.32 Å². The number of carbonyl (C=O) groups excluding carboxylic acids is 3. The topological polar surface area (TPSA) is 72.5 Å². The van der Waals surface area contributed by atoms with E-state index in [2.05, 4.69) is 5.32 Å². The molecule has 8 heteroatoms. The molecule has 0 aromatic heterocycles. The molecule has 0 aliphatic carbocycles. The predicted octanol–water partition coefficient (Wildman–Crippen LogP) is 3.29. The first-order valence-electron chi connectivity index (χ1n) is 7.05. The molecule has 0 spiro atoms. The van der Waals surface area contributed by atoms with Gasteiger partial charge in [0.1, 0.15) is 12.4 Å². The Morgan fingerprint density at radius 3 is 2.44 bits per heavy atom. The Morgan fingerprint density at radius 1 is 1.04 bits per heavy atom. The summed E-state index contributed by atoms with van der Waals surface area (Å²) in [5, 5.41) is 2.72. The zero-order chi connectivity index (χ0) is 18.4. The summed E-state index contributed by atoms with van der Waals surface area (Å²) in [5.41, 5.74) is -0.0337. The molecule has 0 saturated heterocycles. The number of Topliss-reactive ketones (excluding diaryl/α,β-unsaturated/α-hetero) is 1. The minimum Gasteiger partial charge on any atom is -0.456 e. The van der Waals surface area contributed by atoms with Crippen LogP contribution in [0.25, 0.3) is 0 Å². The van der Waals surface area contributed by atoms with Crippen molar-refractivity contribution in [2.24, 2.45) is 0 Å². The lowest BCUT2D eigenvalue weighted by Gasteiger charge is -2.07. The third-order valence-corrected chi connectivity index (χ3v) is 3.66. The Hall–Kier alpha value is -2.44. The number of ether oxygens (including phenoxy) is 1. The summed E-state index contributed by atoms with van der Waals surface area (Å²) in [7, 11) is 0. The molecular weight excluding hydrogens is 372 g/mol. The van der Waals surface area contributed by atoms with Crippen LogP contribution in [0.5, 0.6) is 0 Å². The molecule has 1 N–H and O–H groups in total. The number of ketones is 1. The summed E-state index contributed by atoms with van der Waals surface area (Å²) < 4.78 is 18.2. The molecule has 0 radical (unpaired) electrons. The molecule has 0 saturated carbocycles. The lowest BCUT2D eigenvalue weighted by molar-refractivity contribution is -0.141. The van der Waals surface area contributed by atoms with Gasteiger partial charge in [-0.3, -0.25) is 14.4 Å². The van der Waals surface area contributed by atoms with Crippen LogP contribution in [0.4, 0.5) is 4.39 Å². The zero-order valence-electron chi connectivity index (χ0n) is 12.7. The van der Waals surface area contributed by atoms with E-state index >= 15 is 0 Å². The normalized spacial score (nSPS) is 10.2. The van der Waals surface area contributed by atoms with E-state index in [4.69, 9.17) is 27.9 Å². The highest BCUT2D eigenvalue weighted by molar-refractivity contribution is 6.36. The smallest absolute Gasteiger partial charge is 0.325 e. The molecule has 5 nitrogen and oxygen atoms in total. The third kappa shape index (κ3) is 5.27. The number of hydrogen-bond acceptors (Lipinski definition) is 4. The van der Waals surface area contributed by atoms with Crippen LogP contribution in [0, 0.1) is 5.82 Å². The maximum Gasteiger partial charge on any atom is 0.325 e. The maximum absolute atomic E-state index is 13.4. The second-order valence-electron chi connectivity index (χ2n) is 4.87. The number of esters is 1. The average molecular weight is 384 g/mol. The van der Waals surface area contributed by atoms with E-state index in [1.165, 1.54) is 36.4 Å². The molecule has 2 aromatic rings. The van der Waals surface area contributed by atoms with Crippen molar-refractivity contribution < 1.29 is 23.5 Å². The highest BCUT2D eigenvalue weighted by Gasteiger charge is 2.15. The van der Waals surface area contributed by atoms with Gasteiger partial charge in [-0.1, -0.05) is 35.3 Å². The molecule has 0 bridgehead atoms. The Labute approximate surface area is 152 Å². The molecule has 130 valence electrons. The first kappa shape index (κ1) is 18.9. The molecule has 2 aromatic carbocycles. The third-order valence-electron chi connectivity index (χ3n) is 3.11. The van der Waals surface area contributed by atoms with Gasteiger partial charge in [0.2, 0.25) is 5.78 Å². The van der Waals surface area contributed by atoms with Crippen molar-refractivity contribution in [1.29, 1.82) is 0 Å². The van der Waals surface area contributed by atoms with Gasteiger partial charge >= 0.3 is 5.97 Å². The summed E-state index contributed by atoms with van der Waals surface area (Å²) >= 11 is 11.6. The van der Waals surface area contributed by atoms with Crippen molar-refractivity contribution in [3.05, 3.63) is 69.5 Å². The fourth-order valence-electron chi connectivity index (χ4n) is 1.88. The van der Waals surface area contributed by atoms with Crippen LogP contribution in [-0.2, 0) is 9.53 Å². The highest BCUT2D eigenvalue weighted by atomic mass is 35.5. The number of carbonyl (C=O) groups is 3. The Kier molecular flexibility index (Phi) is 6.50. The van der Waals surface area contributed by atoms with Crippen molar-refractivity contribution in [3.8, 4) is 0 Å². The SMILES string of the molecule is O=C(CNC(=O)c1ccccc1F)OCC(=O)c1ccc(Cl)cc1Cl. The second kappa shape index (κ2) is 8.60. The van der Waals surface area contributed by atoms with Crippen LogP contribution in [0.1, 0.15) is 20.7 Å². The van der Waals surface area contributed by atoms with Crippen LogP contribution in [0.15, 0.2) is 42.5 Å². The lowest BCUT2D eigenvalue weighted by Crippen LogP contribution is -2.32. The van der Waals surface area contributed by atoms with Gasteiger partial charge < -0.3 is 10.1 Å². The van der Waals surface area contributed by atoms with Crippen LogP contribution < -0.4 is 5.32 Å². The van der Waals surface area contributed by atoms with Crippen molar-refractivity contribution in [2.75, 3.05) is 13.2 Å². The molecule has 0 unspecified atom stereocenters. The minimum absolute atomic E-state index is 0.140. The summed E-state index contributed by atoms with van der Waals surface area (Å²) in [4.78, 5) is 35.3. The second-order valence-corrected chi connectivity index (χ2v) is 5.71. The number of amides is 1. The number of benzene rings is 2. The first-order chi connectivity index (χ1) is 11.9. The fraction of sp³-hybridized carbons (Fsp3) is 0.118. The van der Waals surface area contributed by atoms with E-state index in [1.54, 1.807) is 0 Å². The van der Waals surface area contributed by atoms with Crippen LogP contribution in [0.3, 0.4) is 0 Å². The summed E-state index contributed by atoms with van der Waals surface area (Å²) in [5.74, 6) is -2.83. The van der Waals surface area contributed by atoms with Crippen molar-refractivity contribution >= 4 is 40.9 Å². The maximum atomic E-state index is 13.4. The first-order valence-corrected chi connectivity index (χ1v) is 7.80.